The maximum atomic E-state index is 11.9. The van der Waals surface area contributed by atoms with Crippen LogP contribution in [0.5, 0.6) is 0 Å². The Labute approximate surface area is 114 Å². The number of hydrogen-bond acceptors (Lipinski definition) is 3. The number of benzene rings is 1. The molecule has 0 atom stereocenters. The average molecular weight is 282 g/mol. The molecule has 18 heavy (non-hydrogen) atoms. The highest BCUT2D eigenvalue weighted by Gasteiger charge is 2.08. The van der Waals surface area contributed by atoms with Gasteiger partial charge in [0.05, 0.1) is 0 Å². The second-order valence-corrected chi connectivity index (χ2v) is 4.39. The highest BCUT2D eigenvalue weighted by Crippen LogP contribution is 2.15. The quantitative estimate of drug-likeness (QED) is 0.679. The molecule has 2 rings (SSSR count). The summed E-state index contributed by atoms with van der Waals surface area (Å²) in [5.74, 6) is -0.00796. The van der Waals surface area contributed by atoms with Crippen LogP contribution in [-0.2, 0) is 0 Å². The number of halogens is 2. The summed E-state index contributed by atoms with van der Waals surface area (Å²) >= 11 is 11.4. The van der Waals surface area contributed by atoms with Crippen LogP contribution in [0, 0.1) is 6.92 Å². The number of carbonyl (C=O) groups is 1. The number of aromatic nitrogens is 2. The topological polar surface area (TPSA) is 54.9 Å². The second-order valence-electron chi connectivity index (χ2n) is 3.67. The maximum Gasteiger partial charge on any atom is 0.256 e. The summed E-state index contributed by atoms with van der Waals surface area (Å²) in [6.07, 6.45) is 0. The molecule has 0 fully saturated rings. The van der Waals surface area contributed by atoms with Crippen LogP contribution in [-0.4, -0.2) is 15.9 Å². The normalized spacial score (nSPS) is 10.2. The van der Waals surface area contributed by atoms with E-state index in [0.29, 0.717) is 5.56 Å². The van der Waals surface area contributed by atoms with Crippen LogP contribution in [0.15, 0.2) is 30.3 Å². The van der Waals surface area contributed by atoms with Crippen LogP contribution in [0.4, 0.5) is 5.82 Å². The van der Waals surface area contributed by atoms with Gasteiger partial charge in [0.2, 0.25) is 5.28 Å². The van der Waals surface area contributed by atoms with Gasteiger partial charge in [-0.15, -0.1) is 0 Å². The van der Waals surface area contributed by atoms with Crippen LogP contribution >= 0.6 is 23.2 Å². The molecule has 2 aromatic rings. The molecule has 1 aromatic carbocycles. The van der Waals surface area contributed by atoms with Crippen molar-refractivity contribution in [3.8, 4) is 0 Å². The van der Waals surface area contributed by atoms with Gasteiger partial charge in [0, 0.05) is 11.6 Å². The first-order chi connectivity index (χ1) is 8.54. The minimum Gasteiger partial charge on any atom is -0.306 e. The summed E-state index contributed by atoms with van der Waals surface area (Å²) in [7, 11) is 0. The molecule has 1 aromatic heterocycles. The third-order valence-corrected chi connectivity index (χ3v) is 2.59. The first kappa shape index (κ1) is 12.8. The van der Waals surface area contributed by atoms with Gasteiger partial charge in [-0.1, -0.05) is 29.3 Å². The molecule has 1 N–H and O–H groups in total. The molecule has 1 amide bonds. The first-order valence-corrected chi connectivity index (χ1v) is 5.88. The molecule has 1 heterocycles. The first-order valence-electron chi connectivity index (χ1n) is 5.13. The lowest BCUT2D eigenvalue weighted by Crippen LogP contribution is -2.13. The Hall–Kier alpha value is -1.65. The van der Waals surface area contributed by atoms with Crippen molar-refractivity contribution in [2.45, 2.75) is 6.92 Å². The van der Waals surface area contributed by atoms with Crippen molar-refractivity contribution in [2.24, 2.45) is 0 Å². The fourth-order valence-electron chi connectivity index (χ4n) is 1.35. The predicted molar refractivity (Wildman–Crippen MR) is 71.2 cm³/mol. The van der Waals surface area contributed by atoms with E-state index in [0.717, 1.165) is 5.56 Å². The van der Waals surface area contributed by atoms with Crippen molar-refractivity contribution in [3.05, 3.63) is 51.9 Å². The summed E-state index contributed by atoms with van der Waals surface area (Å²) in [5.41, 5.74) is 1.62. The Balaban J connectivity index is 2.18. The van der Waals surface area contributed by atoms with Gasteiger partial charge in [0.15, 0.2) is 0 Å². The molecule has 0 aliphatic heterocycles. The predicted octanol–water partition coefficient (Wildman–Crippen LogP) is 3.34. The molecule has 0 spiro atoms. The van der Waals surface area contributed by atoms with E-state index in [-0.39, 0.29) is 22.2 Å². The van der Waals surface area contributed by atoms with Crippen molar-refractivity contribution in [2.75, 3.05) is 5.32 Å². The Kier molecular flexibility index (Phi) is 3.79. The van der Waals surface area contributed by atoms with E-state index in [1.807, 2.05) is 19.1 Å². The van der Waals surface area contributed by atoms with Crippen LogP contribution in [0.1, 0.15) is 15.9 Å². The van der Waals surface area contributed by atoms with Gasteiger partial charge in [-0.2, -0.15) is 0 Å². The van der Waals surface area contributed by atoms with Crippen LogP contribution in [0.2, 0.25) is 10.4 Å². The van der Waals surface area contributed by atoms with E-state index >= 15 is 0 Å². The molecule has 6 heteroatoms. The molecule has 92 valence electrons. The number of carbonyl (C=O) groups excluding carboxylic acids is 1. The molecule has 0 aliphatic carbocycles. The monoisotopic (exact) mass is 281 g/mol. The third-order valence-electron chi connectivity index (χ3n) is 2.22. The van der Waals surface area contributed by atoms with Crippen LogP contribution < -0.4 is 5.32 Å². The minimum absolute atomic E-state index is 0.0123. The van der Waals surface area contributed by atoms with E-state index in [9.17, 15) is 4.79 Å². The van der Waals surface area contributed by atoms with Crippen molar-refractivity contribution in [1.82, 2.24) is 9.97 Å². The number of anilines is 1. The average Bonchev–Trinajstić information content (AvgIpc) is 2.28. The molecule has 0 radical (unpaired) electrons. The zero-order valence-corrected chi connectivity index (χ0v) is 11.0. The lowest BCUT2D eigenvalue weighted by atomic mass is 10.1. The van der Waals surface area contributed by atoms with Crippen LogP contribution in [0.25, 0.3) is 0 Å². The van der Waals surface area contributed by atoms with Gasteiger partial charge in [-0.25, -0.2) is 9.97 Å². The smallest absolute Gasteiger partial charge is 0.256 e. The zero-order chi connectivity index (χ0) is 13.1. The number of hydrogen-bond donors (Lipinski definition) is 1. The van der Waals surface area contributed by atoms with E-state index < -0.39 is 0 Å². The molecule has 0 saturated carbocycles. The molecular weight excluding hydrogens is 273 g/mol. The molecule has 0 unspecified atom stereocenters. The number of aryl methyl sites for hydroxylation is 1. The highest BCUT2D eigenvalue weighted by molar-refractivity contribution is 6.32. The minimum atomic E-state index is -0.277. The maximum absolute atomic E-state index is 11.9. The highest BCUT2D eigenvalue weighted by atomic mass is 35.5. The van der Waals surface area contributed by atoms with Crippen molar-refractivity contribution < 1.29 is 4.79 Å². The van der Waals surface area contributed by atoms with Crippen LogP contribution in [0.3, 0.4) is 0 Å². The fraction of sp³-hybridized carbons (Fsp3) is 0.0833. The van der Waals surface area contributed by atoms with E-state index in [1.165, 1.54) is 6.07 Å². The molecule has 4 nitrogen and oxygen atoms in total. The van der Waals surface area contributed by atoms with Gasteiger partial charge < -0.3 is 5.32 Å². The lowest BCUT2D eigenvalue weighted by Gasteiger charge is -2.05. The fourth-order valence-corrected chi connectivity index (χ4v) is 1.76. The van der Waals surface area contributed by atoms with Crippen molar-refractivity contribution >= 4 is 34.9 Å². The Bertz CT molecular complexity index is 564. The summed E-state index contributed by atoms with van der Waals surface area (Å²) in [4.78, 5) is 19.4. The Morgan fingerprint density at radius 3 is 2.44 bits per heavy atom. The van der Waals surface area contributed by atoms with E-state index in [1.54, 1.807) is 12.1 Å². The summed E-state index contributed by atoms with van der Waals surface area (Å²) in [6.45, 7) is 1.95. The van der Waals surface area contributed by atoms with E-state index in [4.69, 9.17) is 23.2 Å². The number of amides is 1. The largest absolute Gasteiger partial charge is 0.306 e. The number of nitrogens with one attached hydrogen (secondary N) is 1. The lowest BCUT2D eigenvalue weighted by molar-refractivity contribution is 0.102. The SMILES string of the molecule is Cc1ccc(C(=O)Nc2cc(Cl)nc(Cl)n2)cc1. The summed E-state index contributed by atoms with van der Waals surface area (Å²) < 4.78 is 0. The summed E-state index contributed by atoms with van der Waals surface area (Å²) in [6, 6.07) is 8.60. The molecule has 0 saturated heterocycles. The second kappa shape index (κ2) is 5.33. The van der Waals surface area contributed by atoms with Gasteiger partial charge in [0.25, 0.3) is 5.91 Å². The van der Waals surface area contributed by atoms with Gasteiger partial charge in [0.1, 0.15) is 11.0 Å². The zero-order valence-electron chi connectivity index (χ0n) is 9.45. The van der Waals surface area contributed by atoms with Gasteiger partial charge in [-0.3, -0.25) is 4.79 Å². The Morgan fingerprint density at radius 2 is 1.83 bits per heavy atom. The van der Waals surface area contributed by atoms with Crippen molar-refractivity contribution in [1.29, 1.82) is 0 Å². The molecular formula is C12H9Cl2N3O. The van der Waals surface area contributed by atoms with E-state index in [2.05, 4.69) is 15.3 Å². The van der Waals surface area contributed by atoms with Gasteiger partial charge >= 0.3 is 0 Å². The van der Waals surface area contributed by atoms with Gasteiger partial charge in [-0.05, 0) is 30.7 Å². The molecule has 0 aliphatic rings. The standard InChI is InChI=1S/C12H9Cl2N3O/c1-7-2-4-8(5-3-7)11(18)16-10-6-9(13)15-12(14)17-10/h2-6H,1H3,(H,15,16,17,18). The number of nitrogens with zero attached hydrogens (tertiary/aromatic N) is 2. The molecule has 0 bridgehead atoms. The number of rotatable bonds is 2. The third kappa shape index (κ3) is 3.18. The van der Waals surface area contributed by atoms with Crippen molar-refractivity contribution in [3.63, 3.8) is 0 Å². The summed E-state index contributed by atoms with van der Waals surface area (Å²) in [5, 5.41) is 2.76. The Morgan fingerprint density at radius 1 is 1.17 bits per heavy atom.